The Kier molecular flexibility index (Phi) is 21.1. The fourth-order valence-electron chi connectivity index (χ4n) is 3.34. The van der Waals surface area contributed by atoms with Gasteiger partial charge in [0.15, 0.2) is 0 Å². The van der Waals surface area contributed by atoms with Gasteiger partial charge in [-0.15, -0.1) is 0 Å². The number of allylic oxidation sites excluding steroid dienone is 2. The van der Waals surface area contributed by atoms with Crippen LogP contribution in [0.25, 0.3) is 0 Å². The summed E-state index contributed by atoms with van der Waals surface area (Å²) in [6.07, 6.45) is 21.7. The quantitative estimate of drug-likeness (QED) is 0.107. The van der Waals surface area contributed by atoms with E-state index in [-0.39, 0.29) is 12.1 Å². The number of nitrogens with one attached hydrogen (secondary N) is 1. The first-order valence-corrected chi connectivity index (χ1v) is 14.1. The topological polar surface area (TPSA) is 64.6 Å². The number of carbonyl (C=O) groups is 1. The lowest BCUT2D eigenvalue weighted by Gasteiger charge is -2.17. The zero-order chi connectivity index (χ0) is 22.3. The van der Waals surface area contributed by atoms with E-state index in [2.05, 4.69) is 24.4 Å². The fourth-order valence-corrected chi connectivity index (χ4v) is 4.84. The Labute approximate surface area is 186 Å². The van der Waals surface area contributed by atoms with E-state index in [1.165, 1.54) is 70.6 Å². The lowest BCUT2D eigenvalue weighted by Crippen LogP contribution is -2.26. The maximum atomic E-state index is 12.3. The van der Waals surface area contributed by atoms with Crippen LogP contribution in [-0.2, 0) is 18.4 Å². The molecule has 0 aliphatic rings. The summed E-state index contributed by atoms with van der Waals surface area (Å²) in [5.41, 5.74) is 0. The minimum Gasteiger partial charge on any atom is -0.355 e. The first-order valence-electron chi connectivity index (χ1n) is 12.4. The summed E-state index contributed by atoms with van der Waals surface area (Å²) in [5, 5.41) is 2.82. The molecular formula is C24H48NO4P. The minimum absolute atomic E-state index is 0.0205. The average molecular weight is 446 g/mol. The van der Waals surface area contributed by atoms with Gasteiger partial charge in [0.05, 0.1) is 19.4 Å². The molecule has 0 heterocycles. The van der Waals surface area contributed by atoms with Crippen LogP contribution in [0, 0.1) is 0 Å². The van der Waals surface area contributed by atoms with Crippen molar-refractivity contribution >= 4 is 13.5 Å². The van der Waals surface area contributed by atoms with Gasteiger partial charge in [-0.25, -0.2) is 0 Å². The second-order valence-corrected chi connectivity index (χ2v) is 10.0. The summed E-state index contributed by atoms with van der Waals surface area (Å²) in [6, 6.07) is 0. The summed E-state index contributed by atoms with van der Waals surface area (Å²) in [5.74, 6) is 0.0205. The molecule has 0 fully saturated rings. The molecular weight excluding hydrogens is 397 g/mol. The third kappa shape index (κ3) is 19.3. The van der Waals surface area contributed by atoms with Crippen molar-refractivity contribution in [3.8, 4) is 0 Å². The SMILES string of the molecule is CCCCCCCC/C=C/CCCCCCCC(=O)NCCP(=O)(OCC)OCC. The van der Waals surface area contributed by atoms with Crippen molar-refractivity contribution in [3.05, 3.63) is 12.2 Å². The highest BCUT2D eigenvalue weighted by Gasteiger charge is 2.22. The van der Waals surface area contributed by atoms with E-state index in [1.54, 1.807) is 13.8 Å². The van der Waals surface area contributed by atoms with Crippen molar-refractivity contribution in [2.24, 2.45) is 0 Å². The lowest BCUT2D eigenvalue weighted by atomic mass is 10.1. The molecule has 0 aromatic rings. The molecule has 1 N–H and O–H groups in total. The van der Waals surface area contributed by atoms with E-state index in [4.69, 9.17) is 9.05 Å². The van der Waals surface area contributed by atoms with Gasteiger partial charge in [0.2, 0.25) is 5.91 Å². The van der Waals surface area contributed by atoms with Crippen LogP contribution < -0.4 is 5.32 Å². The number of amides is 1. The molecule has 178 valence electrons. The summed E-state index contributed by atoms with van der Waals surface area (Å²) in [4.78, 5) is 11.9. The number of hydrogen-bond acceptors (Lipinski definition) is 4. The van der Waals surface area contributed by atoms with Gasteiger partial charge < -0.3 is 14.4 Å². The van der Waals surface area contributed by atoms with Crippen LogP contribution in [-0.4, -0.2) is 31.8 Å². The van der Waals surface area contributed by atoms with Crippen LogP contribution in [0.15, 0.2) is 12.2 Å². The zero-order valence-corrected chi connectivity index (χ0v) is 20.9. The number of carbonyl (C=O) groups excluding carboxylic acids is 1. The van der Waals surface area contributed by atoms with Crippen LogP contribution in [0.5, 0.6) is 0 Å². The van der Waals surface area contributed by atoms with Crippen LogP contribution in [0.2, 0.25) is 0 Å². The Morgan fingerprint density at radius 3 is 1.80 bits per heavy atom. The van der Waals surface area contributed by atoms with Gasteiger partial charge >= 0.3 is 7.60 Å². The fraction of sp³-hybridized carbons (Fsp3) is 0.875. The first kappa shape index (κ1) is 29.4. The maximum Gasteiger partial charge on any atom is 0.332 e. The molecule has 6 heteroatoms. The van der Waals surface area contributed by atoms with E-state index < -0.39 is 7.60 Å². The highest BCUT2D eigenvalue weighted by atomic mass is 31.2. The van der Waals surface area contributed by atoms with Crippen LogP contribution in [0.4, 0.5) is 0 Å². The van der Waals surface area contributed by atoms with E-state index in [0.717, 1.165) is 12.8 Å². The molecule has 1 amide bonds. The molecule has 0 saturated heterocycles. The molecule has 0 aliphatic heterocycles. The molecule has 0 spiro atoms. The van der Waals surface area contributed by atoms with Crippen molar-refractivity contribution in [2.45, 2.75) is 111 Å². The Bertz CT molecular complexity index is 458. The molecule has 0 saturated carbocycles. The van der Waals surface area contributed by atoms with Gasteiger partial charge in [-0.05, 0) is 46.0 Å². The van der Waals surface area contributed by atoms with Crippen LogP contribution >= 0.6 is 7.60 Å². The summed E-state index contributed by atoms with van der Waals surface area (Å²) in [6.45, 7) is 6.87. The van der Waals surface area contributed by atoms with E-state index in [1.807, 2.05) is 0 Å². The van der Waals surface area contributed by atoms with Crippen molar-refractivity contribution in [1.29, 1.82) is 0 Å². The Morgan fingerprint density at radius 2 is 1.27 bits per heavy atom. The maximum absolute atomic E-state index is 12.3. The summed E-state index contributed by atoms with van der Waals surface area (Å²) in [7, 11) is -3.06. The van der Waals surface area contributed by atoms with Crippen molar-refractivity contribution < 1.29 is 18.4 Å². The van der Waals surface area contributed by atoms with E-state index in [0.29, 0.717) is 26.2 Å². The van der Waals surface area contributed by atoms with Crippen molar-refractivity contribution in [2.75, 3.05) is 25.9 Å². The number of rotatable bonds is 22. The molecule has 0 atom stereocenters. The second-order valence-electron chi connectivity index (χ2n) is 7.85. The normalized spacial score (nSPS) is 12.0. The van der Waals surface area contributed by atoms with Crippen LogP contribution in [0.1, 0.15) is 111 Å². The highest BCUT2D eigenvalue weighted by Crippen LogP contribution is 2.47. The summed E-state index contributed by atoms with van der Waals surface area (Å²) >= 11 is 0. The van der Waals surface area contributed by atoms with Crippen molar-refractivity contribution in [1.82, 2.24) is 5.32 Å². The number of unbranched alkanes of at least 4 members (excludes halogenated alkanes) is 11. The van der Waals surface area contributed by atoms with E-state index >= 15 is 0 Å². The van der Waals surface area contributed by atoms with E-state index in [9.17, 15) is 9.36 Å². The predicted molar refractivity (Wildman–Crippen MR) is 128 cm³/mol. The van der Waals surface area contributed by atoms with Gasteiger partial charge in [-0.1, -0.05) is 70.4 Å². The predicted octanol–water partition coefficient (Wildman–Crippen LogP) is 7.41. The Hall–Kier alpha value is -0.640. The molecule has 0 rings (SSSR count). The van der Waals surface area contributed by atoms with Crippen LogP contribution in [0.3, 0.4) is 0 Å². The second kappa shape index (κ2) is 21.6. The van der Waals surface area contributed by atoms with Gasteiger partial charge in [0, 0.05) is 13.0 Å². The molecule has 0 aromatic carbocycles. The lowest BCUT2D eigenvalue weighted by molar-refractivity contribution is -0.121. The van der Waals surface area contributed by atoms with Gasteiger partial charge in [-0.2, -0.15) is 0 Å². The molecule has 30 heavy (non-hydrogen) atoms. The Balaban J connectivity index is 3.48. The third-order valence-corrected chi connectivity index (χ3v) is 7.10. The highest BCUT2D eigenvalue weighted by molar-refractivity contribution is 7.53. The third-order valence-electron chi connectivity index (χ3n) is 5.03. The monoisotopic (exact) mass is 445 g/mol. The summed E-state index contributed by atoms with van der Waals surface area (Å²) < 4.78 is 22.7. The largest absolute Gasteiger partial charge is 0.355 e. The zero-order valence-electron chi connectivity index (χ0n) is 20.0. The Morgan fingerprint density at radius 1 is 0.767 bits per heavy atom. The molecule has 0 radical (unpaired) electrons. The smallest absolute Gasteiger partial charge is 0.332 e. The standard InChI is InChI=1S/C24H48NO4P/c1-4-7-8-9-10-11-12-13-14-15-16-17-18-19-20-21-24(26)25-22-23-30(27,28-5-2)29-6-3/h13-14H,4-12,15-23H2,1-3H3,(H,25,26)/b14-13+. The van der Waals surface area contributed by atoms with Gasteiger partial charge in [-0.3, -0.25) is 9.36 Å². The average Bonchev–Trinajstić information content (AvgIpc) is 2.71. The minimum atomic E-state index is -3.06. The molecule has 0 aromatic heterocycles. The number of hydrogen-bond donors (Lipinski definition) is 1. The van der Waals surface area contributed by atoms with Crippen molar-refractivity contribution in [3.63, 3.8) is 0 Å². The first-order chi connectivity index (χ1) is 14.6. The molecule has 0 unspecified atom stereocenters. The molecule has 5 nitrogen and oxygen atoms in total. The molecule has 0 aliphatic carbocycles. The van der Waals surface area contributed by atoms with Gasteiger partial charge in [0.25, 0.3) is 0 Å². The molecule has 0 bridgehead atoms. The van der Waals surface area contributed by atoms with Gasteiger partial charge in [0.1, 0.15) is 0 Å².